The number of nitrogens with zero attached hydrogens (tertiary/aromatic N) is 1. The van der Waals surface area contributed by atoms with Gasteiger partial charge in [0.1, 0.15) is 5.75 Å². The molecule has 2 heterocycles. The molecule has 2 aromatic carbocycles. The molecule has 1 aliphatic rings. The van der Waals surface area contributed by atoms with Crippen LogP contribution in [0.5, 0.6) is 5.75 Å². The molecule has 0 saturated heterocycles. The van der Waals surface area contributed by atoms with E-state index in [1.807, 2.05) is 24.3 Å². The third kappa shape index (κ3) is 2.44. The fourth-order valence-electron chi connectivity index (χ4n) is 3.13. The average molecular weight is 320 g/mol. The molecule has 5 nitrogen and oxygen atoms in total. The minimum Gasteiger partial charge on any atom is -0.483 e. The van der Waals surface area contributed by atoms with Gasteiger partial charge in [-0.1, -0.05) is 24.3 Å². The summed E-state index contributed by atoms with van der Waals surface area (Å²) in [5, 5.41) is 1.25. The number of H-pyrrole nitrogens is 1. The number of para-hydroxylation sites is 1. The largest absolute Gasteiger partial charge is 0.483 e. The molecule has 0 bridgehead atoms. The molecule has 0 fully saturated rings. The van der Waals surface area contributed by atoms with Crippen molar-refractivity contribution >= 4 is 22.4 Å². The van der Waals surface area contributed by atoms with E-state index in [0.717, 1.165) is 12.1 Å². The van der Waals surface area contributed by atoms with E-state index in [1.54, 1.807) is 35.4 Å². The van der Waals surface area contributed by atoms with Gasteiger partial charge in [-0.3, -0.25) is 9.59 Å². The summed E-state index contributed by atoms with van der Waals surface area (Å²) in [6.07, 6.45) is 2.45. The van der Waals surface area contributed by atoms with Crippen LogP contribution in [-0.2, 0) is 11.2 Å². The molecular formula is C19H16N2O3. The van der Waals surface area contributed by atoms with Gasteiger partial charge in [-0.25, -0.2) is 0 Å². The van der Waals surface area contributed by atoms with Gasteiger partial charge >= 0.3 is 0 Å². The average Bonchev–Trinajstić information content (AvgIpc) is 3.04. The molecule has 0 unspecified atom stereocenters. The van der Waals surface area contributed by atoms with Crippen LogP contribution in [0.4, 0.5) is 5.69 Å². The van der Waals surface area contributed by atoms with Crippen molar-refractivity contribution in [3.05, 3.63) is 70.6 Å². The number of aromatic nitrogens is 1. The Bertz CT molecular complexity index is 978. The van der Waals surface area contributed by atoms with Gasteiger partial charge in [0, 0.05) is 23.8 Å². The highest BCUT2D eigenvalue weighted by molar-refractivity contribution is 5.96. The summed E-state index contributed by atoms with van der Waals surface area (Å²) in [5.41, 5.74) is 1.97. The summed E-state index contributed by atoms with van der Waals surface area (Å²) in [6, 6.07) is 15.0. The minimum atomic E-state index is -0.169. The number of rotatable bonds is 3. The summed E-state index contributed by atoms with van der Waals surface area (Å²) in [4.78, 5) is 28.7. The summed E-state index contributed by atoms with van der Waals surface area (Å²) < 4.78 is 5.72. The van der Waals surface area contributed by atoms with Crippen LogP contribution >= 0.6 is 0 Å². The molecule has 1 N–H and O–H groups in total. The van der Waals surface area contributed by atoms with Crippen LogP contribution in [0.25, 0.3) is 10.8 Å². The third-order valence-corrected chi connectivity index (χ3v) is 4.31. The number of hydrogen-bond donors (Lipinski definition) is 1. The van der Waals surface area contributed by atoms with Crippen LogP contribution in [0.2, 0.25) is 0 Å². The van der Waals surface area contributed by atoms with E-state index in [-0.39, 0.29) is 18.1 Å². The van der Waals surface area contributed by atoms with Crippen LogP contribution in [0.3, 0.4) is 0 Å². The van der Waals surface area contributed by atoms with E-state index in [9.17, 15) is 9.59 Å². The fourth-order valence-corrected chi connectivity index (χ4v) is 3.13. The zero-order valence-electron chi connectivity index (χ0n) is 13.0. The molecule has 1 amide bonds. The van der Waals surface area contributed by atoms with Gasteiger partial charge in [0.25, 0.3) is 11.5 Å². The number of amides is 1. The molecule has 1 aromatic heterocycles. The molecule has 3 aromatic rings. The van der Waals surface area contributed by atoms with E-state index >= 15 is 0 Å². The zero-order chi connectivity index (χ0) is 16.5. The smallest absolute Gasteiger partial charge is 0.264 e. The Labute approximate surface area is 138 Å². The zero-order valence-corrected chi connectivity index (χ0v) is 13.0. The van der Waals surface area contributed by atoms with Crippen molar-refractivity contribution in [1.29, 1.82) is 0 Å². The number of carbonyl (C=O) groups excluding carboxylic acids is 1. The lowest BCUT2D eigenvalue weighted by molar-refractivity contribution is -0.120. The molecule has 5 heteroatoms. The Morgan fingerprint density at radius 1 is 1.08 bits per heavy atom. The highest BCUT2D eigenvalue weighted by atomic mass is 16.5. The van der Waals surface area contributed by atoms with Gasteiger partial charge in [0.15, 0.2) is 6.61 Å². The molecule has 24 heavy (non-hydrogen) atoms. The molecule has 4 rings (SSSR count). The van der Waals surface area contributed by atoms with Crippen LogP contribution in [-0.4, -0.2) is 24.0 Å². The lowest BCUT2D eigenvalue weighted by atomic mass is 10.1. The topological polar surface area (TPSA) is 62.4 Å². The van der Waals surface area contributed by atoms with Crippen molar-refractivity contribution in [1.82, 2.24) is 4.98 Å². The van der Waals surface area contributed by atoms with Gasteiger partial charge in [-0.2, -0.15) is 0 Å². The fraction of sp³-hybridized carbons (Fsp3) is 0.158. The van der Waals surface area contributed by atoms with Crippen molar-refractivity contribution in [2.75, 3.05) is 18.1 Å². The number of hydrogen-bond acceptors (Lipinski definition) is 3. The molecule has 0 saturated carbocycles. The normalized spacial score (nSPS) is 13.1. The first-order chi connectivity index (χ1) is 11.7. The first-order valence-electron chi connectivity index (χ1n) is 7.85. The van der Waals surface area contributed by atoms with Gasteiger partial charge in [0.2, 0.25) is 0 Å². The molecule has 1 aliphatic heterocycles. The molecule has 120 valence electrons. The highest BCUT2D eigenvalue weighted by Crippen LogP contribution is 2.28. The van der Waals surface area contributed by atoms with Gasteiger partial charge in [-0.05, 0) is 36.2 Å². The van der Waals surface area contributed by atoms with E-state index in [0.29, 0.717) is 23.1 Å². The minimum absolute atomic E-state index is 0.0553. The lowest BCUT2D eigenvalue weighted by Crippen LogP contribution is -2.33. The van der Waals surface area contributed by atoms with Crippen molar-refractivity contribution in [2.45, 2.75) is 6.42 Å². The second kappa shape index (κ2) is 5.85. The Balaban J connectivity index is 1.55. The van der Waals surface area contributed by atoms with E-state index in [1.165, 1.54) is 5.56 Å². The maximum Gasteiger partial charge on any atom is 0.264 e. The Morgan fingerprint density at radius 2 is 1.96 bits per heavy atom. The highest BCUT2D eigenvalue weighted by Gasteiger charge is 2.24. The summed E-state index contributed by atoms with van der Waals surface area (Å²) in [5.74, 6) is 0.459. The van der Waals surface area contributed by atoms with Crippen LogP contribution < -0.4 is 15.2 Å². The molecular weight excluding hydrogens is 304 g/mol. The van der Waals surface area contributed by atoms with Crippen LogP contribution in [0.15, 0.2) is 59.5 Å². The number of anilines is 1. The van der Waals surface area contributed by atoms with Crippen molar-refractivity contribution < 1.29 is 9.53 Å². The van der Waals surface area contributed by atoms with Crippen molar-refractivity contribution in [2.24, 2.45) is 0 Å². The molecule has 0 aliphatic carbocycles. The van der Waals surface area contributed by atoms with Gasteiger partial charge in [-0.15, -0.1) is 0 Å². The maximum absolute atomic E-state index is 12.5. The summed E-state index contributed by atoms with van der Waals surface area (Å²) in [7, 11) is 0. The van der Waals surface area contributed by atoms with Crippen molar-refractivity contribution in [3.8, 4) is 5.75 Å². The second-order valence-electron chi connectivity index (χ2n) is 5.74. The first-order valence-corrected chi connectivity index (χ1v) is 7.85. The Hall–Kier alpha value is -3.08. The van der Waals surface area contributed by atoms with E-state index in [4.69, 9.17) is 4.74 Å². The number of aromatic amines is 1. The maximum atomic E-state index is 12.5. The van der Waals surface area contributed by atoms with Gasteiger partial charge < -0.3 is 14.6 Å². The predicted molar refractivity (Wildman–Crippen MR) is 92.6 cm³/mol. The van der Waals surface area contributed by atoms with Gasteiger partial charge in [0.05, 0.1) is 5.39 Å². The molecule has 0 spiro atoms. The van der Waals surface area contributed by atoms with Crippen LogP contribution in [0.1, 0.15) is 5.56 Å². The predicted octanol–water partition coefficient (Wildman–Crippen LogP) is 2.50. The SMILES string of the molecule is O=C(COc1cccc2c(=O)[nH]ccc12)N1CCc2ccccc21. The standard InChI is InChI=1S/C19H16N2O3/c22-18(21-11-9-13-4-1-2-6-16(13)21)12-24-17-7-3-5-15-14(17)8-10-20-19(15)23/h1-8,10H,9,11-12H2,(H,20,23). The Kier molecular flexibility index (Phi) is 3.54. The number of benzene rings is 2. The molecule has 0 radical (unpaired) electrons. The number of carbonyl (C=O) groups is 1. The third-order valence-electron chi connectivity index (χ3n) is 4.31. The summed E-state index contributed by atoms with van der Waals surface area (Å²) in [6.45, 7) is 0.622. The quantitative estimate of drug-likeness (QED) is 0.806. The van der Waals surface area contributed by atoms with Crippen LogP contribution in [0, 0.1) is 0 Å². The lowest BCUT2D eigenvalue weighted by Gasteiger charge is -2.18. The molecule has 0 atom stereocenters. The Morgan fingerprint density at radius 3 is 2.88 bits per heavy atom. The summed E-state index contributed by atoms with van der Waals surface area (Å²) >= 11 is 0. The second-order valence-corrected chi connectivity index (χ2v) is 5.74. The monoisotopic (exact) mass is 320 g/mol. The number of pyridine rings is 1. The van der Waals surface area contributed by atoms with Crippen molar-refractivity contribution in [3.63, 3.8) is 0 Å². The first kappa shape index (κ1) is 14.5. The van der Waals surface area contributed by atoms with E-state index in [2.05, 4.69) is 4.98 Å². The number of ether oxygens (including phenoxy) is 1. The number of nitrogens with one attached hydrogen (secondary N) is 1. The number of fused-ring (bicyclic) bond motifs is 2. The van der Waals surface area contributed by atoms with E-state index < -0.39 is 0 Å².